The van der Waals surface area contributed by atoms with Gasteiger partial charge in [-0.3, -0.25) is 9.79 Å². The Morgan fingerprint density at radius 2 is 1.96 bits per heavy atom. The molecule has 0 aliphatic carbocycles. The maximum absolute atomic E-state index is 12.9. The number of benzene rings is 2. The first-order chi connectivity index (χ1) is 13.1. The summed E-state index contributed by atoms with van der Waals surface area (Å²) in [4.78, 5) is 28.7. The maximum Gasteiger partial charge on any atom is 0.338 e. The van der Waals surface area contributed by atoms with Crippen LogP contribution in [-0.2, 0) is 15.3 Å². The molecule has 1 aliphatic rings. The Bertz CT molecular complexity index is 856. The summed E-state index contributed by atoms with van der Waals surface area (Å²) in [5, 5.41) is 2.55. The number of amides is 1. The molecule has 0 spiro atoms. The molecule has 0 saturated carbocycles. The van der Waals surface area contributed by atoms with Crippen molar-refractivity contribution in [2.75, 3.05) is 24.2 Å². The Morgan fingerprint density at radius 3 is 2.70 bits per heavy atom. The van der Waals surface area contributed by atoms with Crippen molar-refractivity contribution in [3.63, 3.8) is 0 Å². The lowest BCUT2D eigenvalue weighted by molar-refractivity contribution is -0.119. The van der Waals surface area contributed by atoms with Gasteiger partial charge >= 0.3 is 5.97 Å². The maximum atomic E-state index is 12.9. The minimum atomic E-state index is -0.554. The smallest absolute Gasteiger partial charge is 0.338 e. The number of nitrogens with one attached hydrogen (secondary N) is 1. The van der Waals surface area contributed by atoms with Crippen LogP contribution in [0.2, 0.25) is 0 Å². The topological polar surface area (TPSA) is 67.8 Å². The fourth-order valence-corrected chi connectivity index (χ4v) is 4.34. The van der Waals surface area contributed by atoms with Crippen LogP contribution in [0.15, 0.2) is 53.5 Å². The molecule has 0 fully saturated rings. The summed E-state index contributed by atoms with van der Waals surface area (Å²) in [5.74, 6) is 0.171. The summed E-state index contributed by atoms with van der Waals surface area (Å²) in [7, 11) is 0. The van der Waals surface area contributed by atoms with Crippen molar-refractivity contribution >= 4 is 45.5 Å². The number of anilines is 1. The molecule has 0 aromatic heterocycles. The summed E-state index contributed by atoms with van der Waals surface area (Å²) >= 11 is 3.30. The number of hydrogen-bond acceptors (Lipinski definition) is 6. The minimum Gasteiger partial charge on any atom is -0.452 e. The van der Waals surface area contributed by atoms with Gasteiger partial charge in [0.2, 0.25) is 0 Å². The molecule has 2 aromatic rings. The molecule has 5 nitrogen and oxygen atoms in total. The van der Waals surface area contributed by atoms with Crippen molar-refractivity contribution < 1.29 is 18.7 Å². The van der Waals surface area contributed by atoms with Crippen LogP contribution < -0.4 is 5.32 Å². The predicted molar refractivity (Wildman–Crippen MR) is 108 cm³/mol. The molecule has 0 atom stereocenters. The average molecular weight is 404 g/mol. The van der Waals surface area contributed by atoms with Gasteiger partial charge in [0.05, 0.1) is 12.1 Å². The van der Waals surface area contributed by atoms with Gasteiger partial charge in [-0.15, -0.1) is 0 Å². The summed E-state index contributed by atoms with van der Waals surface area (Å²) in [6.07, 6.45) is 0. The van der Waals surface area contributed by atoms with Gasteiger partial charge in [0.25, 0.3) is 5.91 Å². The normalized spacial score (nSPS) is 13.1. The van der Waals surface area contributed by atoms with Crippen molar-refractivity contribution in [3.05, 3.63) is 65.5 Å². The van der Waals surface area contributed by atoms with Crippen LogP contribution in [0.4, 0.5) is 10.1 Å². The molecular formula is C19H17FN2O3S2. The highest BCUT2D eigenvalue weighted by Gasteiger charge is 2.16. The Labute approximate surface area is 164 Å². The van der Waals surface area contributed by atoms with Crippen LogP contribution in [0.1, 0.15) is 15.9 Å². The van der Waals surface area contributed by atoms with E-state index in [9.17, 15) is 14.0 Å². The Morgan fingerprint density at radius 1 is 1.19 bits per heavy atom. The van der Waals surface area contributed by atoms with Crippen molar-refractivity contribution in [1.29, 1.82) is 0 Å². The van der Waals surface area contributed by atoms with E-state index in [4.69, 9.17) is 4.74 Å². The van der Waals surface area contributed by atoms with E-state index in [1.165, 1.54) is 24.3 Å². The van der Waals surface area contributed by atoms with Crippen LogP contribution in [-0.4, -0.2) is 35.2 Å². The van der Waals surface area contributed by atoms with E-state index in [-0.39, 0.29) is 0 Å². The molecule has 140 valence electrons. The second-order valence-electron chi connectivity index (χ2n) is 5.57. The number of rotatable bonds is 6. The van der Waals surface area contributed by atoms with Gasteiger partial charge in [0.1, 0.15) is 10.2 Å². The molecule has 0 saturated heterocycles. The van der Waals surface area contributed by atoms with Gasteiger partial charge in [-0.05, 0) is 35.9 Å². The van der Waals surface area contributed by atoms with Crippen LogP contribution in [0.25, 0.3) is 0 Å². The van der Waals surface area contributed by atoms with Gasteiger partial charge in [-0.1, -0.05) is 41.7 Å². The zero-order valence-electron chi connectivity index (χ0n) is 14.3. The fraction of sp³-hybridized carbons (Fsp3) is 0.211. The van der Waals surface area contributed by atoms with Crippen LogP contribution in [0, 0.1) is 5.82 Å². The molecule has 0 unspecified atom stereocenters. The Hall–Kier alpha value is -2.32. The third kappa shape index (κ3) is 5.83. The van der Waals surface area contributed by atoms with E-state index in [1.807, 2.05) is 12.1 Å². The molecule has 1 heterocycles. The quantitative estimate of drug-likeness (QED) is 0.738. The SMILES string of the molecule is O=C(COC(=O)c1ccccc1CSC1=NCCS1)Nc1ccc(F)cc1. The molecule has 1 amide bonds. The third-order valence-electron chi connectivity index (χ3n) is 3.61. The number of nitrogens with zero attached hydrogens (tertiary/aromatic N) is 1. The first kappa shape index (κ1) is 19.4. The zero-order valence-corrected chi connectivity index (χ0v) is 15.9. The van der Waals surface area contributed by atoms with Gasteiger partial charge in [-0.25, -0.2) is 9.18 Å². The van der Waals surface area contributed by atoms with Gasteiger partial charge < -0.3 is 10.1 Å². The highest BCUT2D eigenvalue weighted by molar-refractivity contribution is 8.38. The largest absolute Gasteiger partial charge is 0.452 e. The van der Waals surface area contributed by atoms with Crippen LogP contribution in [0.3, 0.4) is 0 Å². The van der Waals surface area contributed by atoms with E-state index in [1.54, 1.807) is 35.7 Å². The monoisotopic (exact) mass is 404 g/mol. The Balaban J connectivity index is 1.54. The number of aliphatic imine (C=N–C) groups is 1. The van der Waals surface area contributed by atoms with Crippen molar-refractivity contribution in [3.8, 4) is 0 Å². The fourth-order valence-electron chi connectivity index (χ4n) is 2.33. The predicted octanol–water partition coefficient (Wildman–Crippen LogP) is 3.96. The summed E-state index contributed by atoms with van der Waals surface area (Å²) in [5.41, 5.74) is 1.70. The number of halogens is 1. The van der Waals surface area contributed by atoms with E-state index in [0.29, 0.717) is 17.0 Å². The van der Waals surface area contributed by atoms with Crippen molar-refractivity contribution in [2.24, 2.45) is 4.99 Å². The van der Waals surface area contributed by atoms with Gasteiger partial charge in [0, 0.05) is 17.2 Å². The first-order valence-corrected chi connectivity index (χ1v) is 10.2. The second-order valence-corrected chi connectivity index (χ2v) is 7.88. The Kier molecular flexibility index (Phi) is 6.89. The number of esters is 1. The highest BCUT2D eigenvalue weighted by atomic mass is 32.2. The molecule has 3 rings (SSSR count). The van der Waals surface area contributed by atoms with E-state index in [0.717, 1.165) is 22.2 Å². The summed E-state index contributed by atoms with van der Waals surface area (Å²) in [6, 6.07) is 12.5. The molecular weight excluding hydrogens is 387 g/mol. The van der Waals surface area contributed by atoms with Gasteiger partial charge in [0.15, 0.2) is 6.61 Å². The number of carbonyl (C=O) groups excluding carboxylic acids is 2. The molecule has 2 aromatic carbocycles. The third-order valence-corrected chi connectivity index (χ3v) is 5.91. The van der Waals surface area contributed by atoms with E-state index >= 15 is 0 Å². The minimum absolute atomic E-state index is 0.393. The van der Waals surface area contributed by atoms with Crippen LogP contribution in [0.5, 0.6) is 0 Å². The molecule has 27 heavy (non-hydrogen) atoms. The lowest BCUT2D eigenvalue weighted by atomic mass is 10.1. The molecule has 1 N–H and O–H groups in total. The standard InChI is InChI=1S/C19H17FN2O3S2/c20-14-5-7-15(8-6-14)22-17(23)11-25-18(24)16-4-2-1-3-13(16)12-27-19-21-9-10-26-19/h1-8H,9-12H2,(H,22,23). The first-order valence-electron chi connectivity index (χ1n) is 8.22. The lowest BCUT2D eigenvalue weighted by Gasteiger charge is -2.10. The molecule has 1 aliphatic heterocycles. The van der Waals surface area contributed by atoms with Crippen molar-refractivity contribution in [2.45, 2.75) is 5.75 Å². The van der Waals surface area contributed by atoms with E-state index in [2.05, 4.69) is 10.3 Å². The number of thioether (sulfide) groups is 2. The lowest BCUT2D eigenvalue weighted by Crippen LogP contribution is -2.21. The average Bonchev–Trinajstić information content (AvgIpc) is 3.20. The van der Waals surface area contributed by atoms with Gasteiger partial charge in [-0.2, -0.15) is 0 Å². The summed E-state index contributed by atoms with van der Waals surface area (Å²) in [6.45, 7) is 0.417. The molecule has 0 radical (unpaired) electrons. The number of ether oxygens (including phenoxy) is 1. The summed E-state index contributed by atoms with van der Waals surface area (Å²) < 4.78 is 19.0. The van der Waals surface area contributed by atoms with Crippen LogP contribution >= 0.6 is 23.5 Å². The van der Waals surface area contributed by atoms with Crippen molar-refractivity contribution in [1.82, 2.24) is 0 Å². The molecule has 0 bridgehead atoms. The molecule has 8 heteroatoms. The van der Waals surface area contributed by atoms with E-state index < -0.39 is 24.3 Å². The zero-order chi connectivity index (χ0) is 19.1. The number of hydrogen-bond donors (Lipinski definition) is 1. The second kappa shape index (κ2) is 9.57. The number of carbonyl (C=O) groups is 2. The highest BCUT2D eigenvalue weighted by Crippen LogP contribution is 2.26.